The summed E-state index contributed by atoms with van der Waals surface area (Å²) in [7, 11) is 0. The highest BCUT2D eigenvalue weighted by Gasteiger charge is 2.69. The maximum atomic E-state index is 14.7. The fourth-order valence-electron chi connectivity index (χ4n) is 14.6. The lowest BCUT2D eigenvalue weighted by Crippen LogP contribution is -2.66. The lowest BCUT2D eigenvalue weighted by molar-refractivity contribution is -0.381. The van der Waals surface area contributed by atoms with Gasteiger partial charge in [-0.2, -0.15) is 0 Å². The summed E-state index contributed by atoms with van der Waals surface area (Å²) < 4.78 is 48.4. The number of aliphatic hydroxyl groups is 10. The van der Waals surface area contributed by atoms with Crippen molar-refractivity contribution in [1.82, 2.24) is 0 Å². The van der Waals surface area contributed by atoms with Crippen molar-refractivity contribution >= 4 is 5.78 Å². The van der Waals surface area contributed by atoms with E-state index in [0.29, 0.717) is 43.5 Å². The van der Waals surface area contributed by atoms with Crippen LogP contribution in [-0.2, 0) is 42.7 Å². The van der Waals surface area contributed by atoms with Gasteiger partial charge in [0.25, 0.3) is 0 Å². The lowest BCUT2D eigenvalue weighted by Gasteiger charge is -2.63. The molecule has 0 amide bonds. The summed E-state index contributed by atoms with van der Waals surface area (Å²) in [5.74, 6) is 1.75. The van der Waals surface area contributed by atoms with Crippen LogP contribution in [0.5, 0.6) is 0 Å². The number of Topliss-reactive ketones (excluding diaryl/α,β-unsaturated/α-hetero) is 1. The molecular formula is C46H74O19. The number of rotatable bonds is 9. The first-order valence-corrected chi connectivity index (χ1v) is 24.3. The molecule has 5 heterocycles. The molecular weight excluding hydrogens is 856 g/mol. The second-order valence-corrected chi connectivity index (χ2v) is 21.7. The molecule has 0 bridgehead atoms. The van der Waals surface area contributed by atoms with Crippen molar-refractivity contribution in [2.45, 2.75) is 202 Å². The number of fused-ring (bicyclic) bond motifs is 7. The summed E-state index contributed by atoms with van der Waals surface area (Å²) in [5.41, 5.74) is -0.550. The molecule has 5 saturated heterocycles. The van der Waals surface area contributed by atoms with Crippen LogP contribution >= 0.6 is 0 Å². The summed E-state index contributed by atoms with van der Waals surface area (Å²) in [6, 6.07) is 0. The molecule has 1 spiro atoms. The van der Waals surface area contributed by atoms with Crippen LogP contribution in [0.2, 0.25) is 0 Å². The van der Waals surface area contributed by atoms with E-state index >= 15 is 0 Å². The van der Waals surface area contributed by atoms with Crippen LogP contribution in [0, 0.1) is 52.3 Å². The zero-order chi connectivity index (χ0) is 46.5. The van der Waals surface area contributed by atoms with Crippen LogP contribution in [0.15, 0.2) is 0 Å². The lowest BCUT2D eigenvalue weighted by atomic mass is 9.40. The molecule has 27 atom stereocenters. The Bertz CT molecular complexity index is 1660. The van der Waals surface area contributed by atoms with E-state index in [1.54, 1.807) is 0 Å². The molecule has 0 aromatic heterocycles. The molecule has 9 rings (SSSR count). The Kier molecular flexibility index (Phi) is 14.0. The van der Waals surface area contributed by atoms with Crippen molar-refractivity contribution in [2.24, 2.45) is 52.3 Å². The van der Waals surface area contributed by atoms with Crippen molar-refractivity contribution in [3.8, 4) is 0 Å². The van der Waals surface area contributed by atoms with E-state index in [-0.39, 0.29) is 47.2 Å². The Morgan fingerprint density at radius 1 is 0.631 bits per heavy atom. The zero-order valence-electron chi connectivity index (χ0n) is 37.9. The van der Waals surface area contributed by atoms with E-state index < -0.39 is 123 Å². The molecule has 0 aromatic rings. The quantitative estimate of drug-likeness (QED) is 0.122. The minimum absolute atomic E-state index is 0.0326. The molecule has 65 heavy (non-hydrogen) atoms. The van der Waals surface area contributed by atoms with E-state index in [1.165, 1.54) is 0 Å². The van der Waals surface area contributed by atoms with Gasteiger partial charge in [-0.15, -0.1) is 0 Å². The molecule has 9 fully saturated rings. The van der Waals surface area contributed by atoms with E-state index in [0.717, 1.165) is 44.9 Å². The highest BCUT2D eigenvalue weighted by Crippen LogP contribution is 2.69. The fraction of sp³-hybridized carbons (Fsp3) is 0.978. The number of carbonyl (C=O) groups is 1. The van der Waals surface area contributed by atoms with Gasteiger partial charge >= 0.3 is 0 Å². The second-order valence-electron chi connectivity index (χ2n) is 21.7. The molecule has 372 valence electrons. The highest BCUT2D eigenvalue weighted by atomic mass is 16.8. The number of aliphatic hydroxyl groups excluding tert-OH is 10. The maximum absolute atomic E-state index is 14.7. The van der Waals surface area contributed by atoms with Gasteiger partial charge in [-0.05, 0) is 86.4 Å². The van der Waals surface area contributed by atoms with Gasteiger partial charge in [0, 0.05) is 30.1 Å². The van der Waals surface area contributed by atoms with Crippen LogP contribution in [0.4, 0.5) is 0 Å². The smallest absolute Gasteiger partial charge is 0.187 e. The van der Waals surface area contributed by atoms with Crippen LogP contribution in [0.1, 0.15) is 91.9 Å². The van der Waals surface area contributed by atoms with Crippen LogP contribution in [0.25, 0.3) is 0 Å². The predicted molar refractivity (Wildman–Crippen MR) is 221 cm³/mol. The SMILES string of the molecule is CC1CCC2(OC1)OC1CCC3C4CCC5CC(OC6OC(CO)C(OC7OC(CO)C(OC8OC(CO)C(O)C(O)C8O)C(O)C7O)C(O)C6O)CCC5(C)C4CC(=O)C3(C)C1C2C. The summed E-state index contributed by atoms with van der Waals surface area (Å²) >= 11 is 0. The minimum Gasteiger partial charge on any atom is -0.394 e. The molecule has 19 heteroatoms. The van der Waals surface area contributed by atoms with E-state index in [4.69, 9.17) is 37.9 Å². The summed E-state index contributed by atoms with van der Waals surface area (Å²) in [5, 5.41) is 106. The van der Waals surface area contributed by atoms with Gasteiger partial charge in [0.1, 0.15) is 79.0 Å². The van der Waals surface area contributed by atoms with Gasteiger partial charge in [-0.3, -0.25) is 4.79 Å². The van der Waals surface area contributed by atoms with Gasteiger partial charge in [0.15, 0.2) is 24.7 Å². The zero-order valence-corrected chi connectivity index (χ0v) is 37.9. The van der Waals surface area contributed by atoms with Crippen molar-refractivity contribution < 1.29 is 93.8 Å². The van der Waals surface area contributed by atoms with Crippen molar-refractivity contribution in [3.05, 3.63) is 0 Å². The minimum atomic E-state index is -1.92. The Hall–Kier alpha value is -1.05. The molecule has 4 saturated carbocycles. The largest absolute Gasteiger partial charge is 0.394 e. The van der Waals surface area contributed by atoms with Crippen molar-refractivity contribution in [3.63, 3.8) is 0 Å². The van der Waals surface area contributed by atoms with Crippen LogP contribution in [0.3, 0.4) is 0 Å². The van der Waals surface area contributed by atoms with Gasteiger partial charge < -0.3 is 89.0 Å². The fourth-order valence-corrected chi connectivity index (χ4v) is 14.6. The van der Waals surface area contributed by atoms with E-state index in [1.807, 2.05) is 0 Å². The van der Waals surface area contributed by atoms with Gasteiger partial charge in [-0.25, -0.2) is 0 Å². The maximum Gasteiger partial charge on any atom is 0.187 e. The summed E-state index contributed by atoms with van der Waals surface area (Å²) in [6.07, 6.45) is -16.3. The number of ketones is 1. The van der Waals surface area contributed by atoms with Crippen LogP contribution < -0.4 is 0 Å². The molecule has 0 radical (unpaired) electrons. The first-order chi connectivity index (χ1) is 30.9. The first-order valence-electron chi connectivity index (χ1n) is 24.3. The molecule has 4 aliphatic carbocycles. The summed E-state index contributed by atoms with van der Waals surface area (Å²) in [4.78, 5) is 14.7. The Balaban J connectivity index is 0.815. The molecule has 27 unspecified atom stereocenters. The Morgan fingerprint density at radius 3 is 1.80 bits per heavy atom. The van der Waals surface area contributed by atoms with Gasteiger partial charge in [-0.1, -0.05) is 27.7 Å². The normalized spacial score (nSPS) is 57.0. The molecule has 9 aliphatic rings. The number of hydrogen-bond donors (Lipinski definition) is 10. The third-order valence-corrected chi connectivity index (χ3v) is 18.4. The monoisotopic (exact) mass is 930 g/mol. The molecule has 10 N–H and O–H groups in total. The second kappa shape index (κ2) is 18.6. The van der Waals surface area contributed by atoms with Crippen molar-refractivity contribution in [1.29, 1.82) is 0 Å². The average molecular weight is 931 g/mol. The summed E-state index contributed by atoms with van der Waals surface area (Å²) in [6.45, 7) is 7.50. The van der Waals surface area contributed by atoms with Gasteiger partial charge in [0.2, 0.25) is 0 Å². The topological polar surface area (TPSA) is 293 Å². The van der Waals surface area contributed by atoms with Crippen LogP contribution in [-0.4, -0.2) is 193 Å². The predicted octanol–water partition coefficient (Wildman–Crippen LogP) is -1.16. The van der Waals surface area contributed by atoms with Crippen molar-refractivity contribution in [2.75, 3.05) is 26.4 Å². The molecule has 5 aliphatic heterocycles. The average Bonchev–Trinajstić information content (AvgIpc) is 3.58. The number of hydrogen-bond acceptors (Lipinski definition) is 19. The number of ether oxygens (including phenoxy) is 8. The van der Waals surface area contributed by atoms with E-state index in [9.17, 15) is 55.9 Å². The molecule has 19 nitrogen and oxygen atoms in total. The number of carbonyl (C=O) groups excluding carboxylic acids is 1. The molecule has 0 aromatic carbocycles. The Labute approximate surface area is 379 Å². The van der Waals surface area contributed by atoms with E-state index in [2.05, 4.69) is 27.7 Å². The first kappa shape index (κ1) is 49.0. The standard InChI is InChI=1S/C46H74O19/c1-19-9-12-46(58-18-19)20(2)31-26(65-46)8-7-24-23-6-5-21-13-22(10-11-44(21,3)25(23)14-30(50)45(24,31)4)59-41-37(56)34(53)39(28(16-48)61-41)64-43-38(57)35(54)40(29(17-49)62-43)63-42-36(55)33(52)32(51)27(15-47)60-42/h19-29,31-43,47-49,51-57H,5-18H2,1-4H3. The highest BCUT2D eigenvalue weighted by molar-refractivity contribution is 5.87. The van der Waals surface area contributed by atoms with Gasteiger partial charge in [0.05, 0.1) is 38.6 Å². The Morgan fingerprint density at radius 2 is 1.22 bits per heavy atom. The third-order valence-electron chi connectivity index (χ3n) is 18.4. The third kappa shape index (κ3) is 8.10.